The summed E-state index contributed by atoms with van der Waals surface area (Å²) in [7, 11) is 1.63. The Hall–Kier alpha value is -4.31. The van der Waals surface area contributed by atoms with E-state index in [2.05, 4.69) is 30.4 Å². The molecule has 1 N–H and O–H groups in total. The van der Waals surface area contributed by atoms with Gasteiger partial charge in [-0.15, -0.1) is 5.10 Å². The first-order valence-corrected chi connectivity index (χ1v) is 13.3. The van der Waals surface area contributed by atoms with Gasteiger partial charge < -0.3 is 14.1 Å². The average molecular weight is 526 g/mol. The molecule has 0 spiro atoms. The zero-order chi connectivity index (χ0) is 26.6. The number of hydrogen-bond acceptors (Lipinski definition) is 8. The van der Waals surface area contributed by atoms with E-state index in [-0.39, 0.29) is 11.6 Å². The van der Waals surface area contributed by atoms with Crippen LogP contribution in [0.25, 0.3) is 10.9 Å². The molecule has 5 aromatic rings. The van der Waals surface area contributed by atoms with Gasteiger partial charge in [-0.2, -0.15) is 0 Å². The normalized spacial score (nSPS) is 15.1. The minimum absolute atomic E-state index is 0.188. The number of nitrogens with zero attached hydrogens (tertiary/aromatic N) is 6. The maximum Gasteiger partial charge on any atom is 0.253 e. The lowest BCUT2D eigenvalue weighted by Crippen LogP contribution is -2.35. The zero-order valence-corrected chi connectivity index (χ0v) is 21.9. The minimum atomic E-state index is -0.549. The Bertz CT molecular complexity index is 1570. The number of hydrogen-bond donors (Lipinski definition) is 1. The Labute approximate surface area is 225 Å². The molecular weight excluding hydrogens is 494 g/mol. The summed E-state index contributed by atoms with van der Waals surface area (Å²) in [6.45, 7) is 0.950. The first-order chi connectivity index (χ1) is 19.2. The molecule has 1 aliphatic carbocycles. The second-order valence-electron chi connectivity index (χ2n) is 10.0. The number of nitrogens with one attached hydrogen (secondary N) is 1. The van der Waals surface area contributed by atoms with E-state index in [0.29, 0.717) is 30.2 Å². The van der Waals surface area contributed by atoms with Crippen LogP contribution in [0.5, 0.6) is 5.75 Å². The molecule has 0 bridgehead atoms. The van der Waals surface area contributed by atoms with Crippen LogP contribution in [0.4, 0.5) is 0 Å². The first kappa shape index (κ1) is 25.0. The predicted molar refractivity (Wildman–Crippen MR) is 145 cm³/mol. The highest BCUT2D eigenvalue weighted by Crippen LogP contribution is 2.34. The number of H-pyrrole nitrogens is 1. The van der Waals surface area contributed by atoms with E-state index < -0.39 is 6.04 Å². The van der Waals surface area contributed by atoms with E-state index in [1.165, 1.54) is 6.42 Å². The second kappa shape index (κ2) is 11.2. The number of fused-ring (bicyclic) bond motifs is 1. The summed E-state index contributed by atoms with van der Waals surface area (Å²) in [5, 5.41) is 14.0. The topological polar surface area (TPSA) is 115 Å². The van der Waals surface area contributed by atoms with Crippen molar-refractivity contribution in [3.05, 3.63) is 100 Å². The average Bonchev–Trinajstić information content (AvgIpc) is 3.67. The Morgan fingerprint density at radius 2 is 2.03 bits per heavy atom. The van der Waals surface area contributed by atoms with Crippen molar-refractivity contribution in [2.75, 3.05) is 7.11 Å². The molecular formula is C29H31N7O3. The molecule has 0 saturated heterocycles. The molecule has 1 aromatic carbocycles. The smallest absolute Gasteiger partial charge is 0.253 e. The highest BCUT2D eigenvalue weighted by atomic mass is 16.5. The molecule has 200 valence electrons. The zero-order valence-electron chi connectivity index (χ0n) is 21.9. The molecule has 1 fully saturated rings. The molecule has 6 rings (SSSR count). The summed E-state index contributed by atoms with van der Waals surface area (Å²) in [6, 6.07) is 14.9. The third kappa shape index (κ3) is 5.33. The fourth-order valence-corrected chi connectivity index (χ4v) is 5.56. The number of rotatable bonds is 9. The van der Waals surface area contributed by atoms with Gasteiger partial charge in [-0.3, -0.25) is 14.7 Å². The van der Waals surface area contributed by atoms with E-state index in [9.17, 15) is 4.79 Å². The molecule has 0 radical (unpaired) electrons. The molecule has 0 aliphatic heterocycles. The maximum atomic E-state index is 13.7. The van der Waals surface area contributed by atoms with Gasteiger partial charge in [0.2, 0.25) is 0 Å². The number of methoxy groups -OCH3 is 1. The quantitative estimate of drug-likeness (QED) is 0.292. The van der Waals surface area contributed by atoms with Crippen LogP contribution in [0.3, 0.4) is 0 Å². The standard InChI is InChI=1S/C29H31N7O3/c1-38-23-11-12-26-21(15-23)16-25(29(37)31-26)27(28-32-33-34-36(28)22-8-3-2-4-9-22)35(19-24-10-6-14-39-24)18-20-7-5-13-30-17-20/h5-7,10-17,22,27H,2-4,8-9,18-19H2,1H3,(H,31,37)/t27-/m1/s1. The molecule has 4 aromatic heterocycles. The predicted octanol–water partition coefficient (Wildman–Crippen LogP) is 4.81. The van der Waals surface area contributed by atoms with Gasteiger partial charge >= 0.3 is 0 Å². The van der Waals surface area contributed by atoms with Crippen molar-refractivity contribution in [3.63, 3.8) is 0 Å². The van der Waals surface area contributed by atoms with Crippen LogP contribution in [-0.4, -0.2) is 42.2 Å². The summed E-state index contributed by atoms with van der Waals surface area (Å²) >= 11 is 0. The van der Waals surface area contributed by atoms with Gasteiger partial charge in [-0.1, -0.05) is 25.3 Å². The van der Waals surface area contributed by atoms with Gasteiger partial charge in [0.15, 0.2) is 5.82 Å². The van der Waals surface area contributed by atoms with Crippen molar-refractivity contribution in [3.8, 4) is 5.75 Å². The molecule has 1 atom stereocenters. The van der Waals surface area contributed by atoms with E-state index in [0.717, 1.165) is 47.9 Å². The highest BCUT2D eigenvalue weighted by Gasteiger charge is 2.33. The van der Waals surface area contributed by atoms with Gasteiger partial charge in [0.05, 0.1) is 26.0 Å². The summed E-state index contributed by atoms with van der Waals surface area (Å²) in [4.78, 5) is 23.3. The van der Waals surface area contributed by atoms with E-state index >= 15 is 0 Å². The number of tetrazole rings is 1. The fraction of sp³-hybridized carbons (Fsp3) is 0.345. The molecule has 0 unspecified atom stereocenters. The summed E-state index contributed by atoms with van der Waals surface area (Å²) < 4.78 is 13.2. The number of aromatic amines is 1. The van der Waals surface area contributed by atoms with Gasteiger partial charge in [0, 0.05) is 35.4 Å². The van der Waals surface area contributed by atoms with Crippen molar-refractivity contribution < 1.29 is 9.15 Å². The summed E-state index contributed by atoms with van der Waals surface area (Å²) in [6.07, 6.45) is 10.8. The monoisotopic (exact) mass is 525 g/mol. The highest BCUT2D eigenvalue weighted by molar-refractivity contribution is 5.80. The lowest BCUT2D eigenvalue weighted by molar-refractivity contribution is 0.173. The van der Waals surface area contributed by atoms with Crippen LogP contribution in [0.15, 0.2) is 76.4 Å². The van der Waals surface area contributed by atoms with Gasteiger partial charge in [-0.25, -0.2) is 4.68 Å². The number of ether oxygens (including phenoxy) is 1. The third-order valence-electron chi connectivity index (χ3n) is 7.47. The lowest BCUT2D eigenvalue weighted by atomic mass is 9.95. The van der Waals surface area contributed by atoms with Crippen LogP contribution in [0.2, 0.25) is 0 Å². The van der Waals surface area contributed by atoms with Crippen LogP contribution in [0, 0.1) is 0 Å². The Kier molecular flexibility index (Phi) is 7.18. The number of furan rings is 1. The molecule has 10 heteroatoms. The van der Waals surface area contributed by atoms with Gasteiger partial charge in [0.25, 0.3) is 5.56 Å². The van der Waals surface area contributed by atoms with Crippen molar-refractivity contribution in [1.82, 2.24) is 35.1 Å². The van der Waals surface area contributed by atoms with Gasteiger partial charge in [0.1, 0.15) is 17.6 Å². The summed E-state index contributed by atoms with van der Waals surface area (Å²) in [5.74, 6) is 2.14. The van der Waals surface area contributed by atoms with Crippen LogP contribution in [-0.2, 0) is 13.1 Å². The van der Waals surface area contributed by atoms with Crippen molar-refractivity contribution in [2.45, 2.75) is 57.3 Å². The molecule has 1 aliphatic rings. The van der Waals surface area contributed by atoms with Gasteiger partial charge in [-0.05, 0) is 71.3 Å². The number of pyridine rings is 2. The Balaban J connectivity index is 1.53. The number of benzene rings is 1. The van der Waals surface area contributed by atoms with Crippen LogP contribution < -0.4 is 10.3 Å². The minimum Gasteiger partial charge on any atom is -0.497 e. The number of aromatic nitrogens is 6. The van der Waals surface area contributed by atoms with E-state index in [4.69, 9.17) is 9.15 Å². The molecule has 1 saturated carbocycles. The molecule has 39 heavy (non-hydrogen) atoms. The largest absolute Gasteiger partial charge is 0.497 e. The SMILES string of the molecule is COc1ccc2[nH]c(=O)c([C@H](c3nnnn3C3CCCCC3)N(Cc3cccnc3)Cc3ccco3)cc2c1. The van der Waals surface area contributed by atoms with E-state index in [1.54, 1.807) is 19.6 Å². The van der Waals surface area contributed by atoms with Crippen LogP contribution >= 0.6 is 0 Å². The van der Waals surface area contributed by atoms with Crippen molar-refractivity contribution in [1.29, 1.82) is 0 Å². The summed E-state index contributed by atoms with van der Waals surface area (Å²) in [5.41, 5.74) is 2.11. The van der Waals surface area contributed by atoms with Crippen molar-refractivity contribution >= 4 is 10.9 Å². The first-order valence-electron chi connectivity index (χ1n) is 13.3. The molecule has 4 heterocycles. The second-order valence-corrected chi connectivity index (χ2v) is 10.0. The van der Waals surface area contributed by atoms with Crippen molar-refractivity contribution in [2.24, 2.45) is 0 Å². The third-order valence-corrected chi connectivity index (χ3v) is 7.47. The molecule has 0 amide bonds. The fourth-order valence-electron chi connectivity index (χ4n) is 5.56. The lowest BCUT2D eigenvalue weighted by Gasteiger charge is -2.32. The van der Waals surface area contributed by atoms with E-state index in [1.807, 2.05) is 59.4 Å². The Morgan fingerprint density at radius 1 is 1.13 bits per heavy atom. The Morgan fingerprint density at radius 3 is 2.79 bits per heavy atom. The molecule has 10 nitrogen and oxygen atoms in total. The van der Waals surface area contributed by atoms with Crippen LogP contribution in [0.1, 0.15) is 66.9 Å². The maximum absolute atomic E-state index is 13.7.